The summed E-state index contributed by atoms with van der Waals surface area (Å²) in [5.41, 5.74) is 0.720. The smallest absolute Gasteiger partial charge is 0.136 e. The van der Waals surface area contributed by atoms with Crippen LogP contribution in [0.3, 0.4) is 0 Å². The molecule has 0 radical (unpaired) electrons. The van der Waals surface area contributed by atoms with Crippen molar-refractivity contribution in [1.82, 2.24) is 9.97 Å². The molecule has 0 saturated carbocycles. The molecular weight excluding hydrogens is 307 g/mol. The standard InChI is InChI=1S/C15H18Cl2N4/c1-9(2)8-18-14-7-15(20-10(3)19-14)21-13-6-11(16)4-5-12(13)17/h4-7,9H,8H2,1-3H3,(H2,18,19,20,21). The van der Waals surface area contributed by atoms with Gasteiger partial charge in [-0.1, -0.05) is 37.0 Å². The zero-order valence-electron chi connectivity index (χ0n) is 12.2. The molecule has 0 fully saturated rings. The monoisotopic (exact) mass is 324 g/mol. The van der Waals surface area contributed by atoms with Gasteiger partial charge in [-0.2, -0.15) is 0 Å². The summed E-state index contributed by atoms with van der Waals surface area (Å²) in [7, 11) is 0. The van der Waals surface area contributed by atoms with Crippen LogP contribution in [0.1, 0.15) is 19.7 Å². The molecule has 0 saturated heterocycles. The number of rotatable bonds is 5. The van der Waals surface area contributed by atoms with E-state index in [0.717, 1.165) is 18.1 Å². The first kappa shape index (κ1) is 15.9. The van der Waals surface area contributed by atoms with Crippen molar-refractivity contribution in [2.45, 2.75) is 20.8 Å². The van der Waals surface area contributed by atoms with Crippen LogP contribution in [0.25, 0.3) is 0 Å². The maximum atomic E-state index is 6.15. The number of halogens is 2. The Morgan fingerprint density at radius 1 is 1.10 bits per heavy atom. The summed E-state index contributed by atoms with van der Waals surface area (Å²) >= 11 is 12.1. The van der Waals surface area contributed by atoms with Crippen LogP contribution in [0.5, 0.6) is 0 Å². The highest BCUT2D eigenvalue weighted by atomic mass is 35.5. The Bertz CT molecular complexity index is 629. The Morgan fingerprint density at radius 2 is 1.81 bits per heavy atom. The van der Waals surface area contributed by atoms with Crippen LogP contribution in [0, 0.1) is 12.8 Å². The van der Waals surface area contributed by atoms with Crippen LogP contribution in [0.4, 0.5) is 17.3 Å². The molecule has 21 heavy (non-hydrogen) atoms. The van der Waals surface area contributed by atoms with E-state index in [9.17, 15) is 0 Å². The zero-order valence-corrected chi connectivity index (χ0v) is 13.8. The highest BCUT2D eigenvalue weighted by Crippen LogP contribution is 2.28. The molecule has 0 spiro atoms. The normalized spacial score (nSPS) is 10.8. The Labute approximate surface area is 134 Å². The van der Waals surface area contributed by atoms with Gasteiger partial charge in [-0.15, -0.1) is 0 Å². The van der Waals surface area contributed by atoms with Gasteiger partial charge in [0.15, 0.2) is 0 Å². The van der Waals surface area contributed by atoms with Crippen LogP contribution in [0.15, 0.2) is 24.3 Å². The Balaban J connectivity index is 2.21. The molecule has 0 atom stereocenters. The van der Waals surface area contributed by atoms with Crippen LogP contribution in [-0.4, -0.2) is 16.5 Å². The molecule has 2 N–H and O–H groups in total. The van der Waals surface area contributed by atoms with E-state index in [1.165, 1.54) is 0 Å². The fraction of sp³-hybridized carbons (Fsp3) is 0.333. The van der Waals surface area contributed by atoms with Gasteiger partial charge in [-0.25, -0.2) is 9.97 Å². The molecule has 1 aromatic heterocycles. The molecule has 0 aliphatic carbocycles. The summed E-state index contributed by atoms with van der Waals surface area (Å²) in [5.74, 6) is 2.69. The molecule has 4 nitrogen and oxygen atoms in total. The van der Waals surface area contributed by atoms with Gasteiger partial charge in [0, 0.05) is 17.6 Å². The number of nitrogens with zero attached hydrogens (tertiary/aromatic N) is 2. The minimum atomic E-state index is 0.541. The summed E-state index contributed by atoms with van der Waals surface area (Å²) in [4.78, 5) is 8.73. The van der Waals surface area contributed by atoms with Gasteiger partial charge in [0.05, 0.1) is 10.7 Å². The van der Waals surface area contributed by atoms with Gasteiger partial charge in [0.2, 0.25) is 0 Å². The minimum Gasteiger partial charge on any atom is -0.370 e. The van der Waals surface area contributed by atoms with E-state index in [-0.39, 0.29) is 0 Å². The number of hydrogen-bond donors (Lipinski definition) is 2. The van der Waals surface area contributed by atoms with E-state index < -0.39 is 0 Å². The second-order valence-corrected chi connectivity index (χ2v) is 6.05. The van der Waals surface area contributed by atoms with Crippen LogP contribution >= 0.6 is 23.2 Å². The molecule has 0 aliphatic heterocycles. The zero-order chi connectivity index (χ0) is 15.4. The van der Waals surface area contributed by atoms with Crippen molar-refractivity contribution in [2.24, 2.45) is 5.92 Å². The summed E-state index contributed by atoms with van der Waals surface area (Å²) in [6.45, 7) is 7.00. The number of anilines is 3. The second kappa shape index (κ2) is 6.96. The van der Waals surface area contributed by atoms with Crippen molar-refractivity contribution in [3.63, 3.8) is 0 Å². The van der Waals surface area contributed by atoms with Crippen molar-refractivity contribution in [3.8, 4) is 0 Å². The third-order valence-electron chi connectivity index (χ3n) is 2.72. The van der Waals surface area contributed by atoms with Gasteiger partial charge >= 0.3 is 0 Å². The van der Waals surface area contributed by atoms with Gasteiger partial charge < -0.3 is 10.6 Å². The number of aryl methyl sites for hydroxylation is 1. The average molecular weight is 325 g/mol. The quantitative estimate of drug-likeness (QED) is 0.820. The molecule has 6 heteroatoms. The molecule has 0 bridgehead atoms. The van der Waals surface area contributed by atoms with E-state index in [2.05, 4.69) is 34.4 Å². The summed E-state index contributed by atoms with van der Waals surface area (Å²) in [6.07, 6.45) is 0. The van der Waals surface area contributed by atoms with Crippen LogP contribution < -0.4 is 10.6 Å². The number of benzene rings is 1. The van der Waals surface area contributed by atoms with Gasteiger partial charge in [-0.3, -0.25) is 0 Å². The second-order valence-electron chi connectivity index (χ2n) is 5.21. The first-order valence-corrected chi connectivity index (χ1v) is 7.51. The highest BCUT2D eigenvalue weighted by Gasteiger charge is 2.06. The average Bonchev–Trinajstić information content (AvgIpc) is 2.40. The Morgan fingerprint density at radius 3 is 2.52 bits per heavy atom. The lowest BCUT2D eigenvalue weighted by Crippen LogP contribution is -2.10. The number of aromatic nitrogens is 2. The van der Waals surface area contributed by atoms with E-state index in [1.54, 1.807) is 18.2 Å². The third kappa shape index (κ3) is 4.76. The maximum absolute atomic E-state index is 6.15. The number of hydrogen-bond acceptors (Lipinski definition) is 4. The topological polar surface area (TPSA) is 49.8 Å². The molecule has 2 rings (SSSR count). The van der Waals surface area contributed by atoms with E-state index in [1.807, 2.05) is 13.0 Å². The molecule has 0 aliphatic rings. The first-order chi connectivity index (χ1) is 9.94. The molecule has 2 aromatic rings. The van der Waals surface area contributed by atoms with Crippen molar-refractivity contribution in [1.29, 1.82) is 0 Å². The minimum absolute atomic E-state index is 0.541. The van der Waals surface area contributed by atoms with E-state index in [4.69, 9.17) is 23.2 Å². The molecule has 112 valence electrons. The lowest BCUT2D eigenvalue weighted by Gasteiger charge is -2.12. The summed E-state index contributed by atoms with van der Waals surface area (Å²) in [6, 6.07) is 7.11. The summed E-state index contributed by atoms with van der Waals surface area (Å²) in [5, 5.41) is 7.67. The lowest BCUT2D eigenvalue weighted by molar-refractivity contribution is 0.686. The van der Waals surface area contributed by atoms with Crippen molar-refractivity contribution in [2.75, 3.05) is 17.2 Å². The first-order valence-electron chi connectivity index (χ1n) is 6.75. The van der Waals surface area contributed by atoms with Gasteiger partial charge in [0.1, 0.15) is 17.5 Å². The highest BCUT2D eigenvalue weighted by molar-refractivity contribution is 6.35. The summed E-state index contributed by atoms with van der Waals surface area (Å²) < 4.78 is 0. The molecule has 1 heterocycles. The molecule has 0 unspecified atom stereocenters. The van der Waals surface area contributed by atoms with Crippen molar-refractivity contribution >= 4 is 40.5 Å². The number of nitrogens with one attached hydrogen (secondary N) is 2. The van der Waals surface area contributed by atoms with Crippen molar-refractivity contribution < 1.29 is 0 Å². The van der Waals surface area contributed by atoms with E-state index in [0.29, 0.717) is 27.6 Å². The predicted molar refractivity (Wildman–Crippen MR) is 89.8 cm³/mol. The predicted octanol–water partition coefficient (Wildman–Crippen LogP) is 4.90. The fourth-order valence-electron chi connectivity index (χ4n) is 1.76. The fourth-order valence-corrected chi connectivity index (χ4v) is 2.10. The maximum Gasteiger partial charge on any atom is 0.136 e. The third-order valence-corrected chi connectivity index (χ3v) is 3.29. The van der Waals surface area contributed by atoms with E-state index >= 15 is 0 Å². The van der Waals surface area contributed by atoms with Gasteiger partial charge in [-0.05, 0) is 31.0 Å². The molecule has 0 amide bonds. The van der Waals surface area contributed by atoms with Crippen molar-refractivity contribution in [3.05, 3.63) is 40.1 Å². The molecule has 1 aromatic carbocycles. The van der Waals surface area contributed by atoms with Crippen LogP contribution in [-0.2, 0) is 0 Å². The Kier molecular flexibility index (Phi) is 5.26. The largest absolute Gasteiger partial charge is 0.370 e. The Hall–Kier alpha value is -1.52. The molecular formula is C15H18Cl2N4. The SMILES string of the molecule is Cc1nc(NCC(C)C)cc(Nc2cc(Cl)ccc2Cl)n1. The lowest BCUT2D eigenvalue weighted by atomic mass is 10.2. The van der Waals surface area contributed by atoms with Gasteiger partial charge in [0.25, 0.3) is 0 Å². The van der Waals surface area contributed by atoms with Crippen LogP contribution in [0.2, 0.25) is 10.0 Å².